The number of nitrogens with one attached hydrogen (secondary N) is 2. The van der Waals surface area contributed by atoms with Crippen molar-refractivity contribution < 1.29 is 13.4 Å². The van der Waals surface area contributed by atoms with Crippen LogP contribution < -0.4 is 9.29 Å². The van der Waals surface area contributed by atoms with Crippen LogP contribution in [0.25, 0.3) is 0 Å². The van der Waals surface area contributed by atoms with Crippen molar-refractivity contribution in [1.29, 1.82) is 0 Å². The molecular weight excluding hydrogens is 250 g/mol. The van der Waals surface area contributed by atoms with Gasteiger partial charge >= 0.3 is 10.0 Å². The molecule has 0 fully saturated rings. The maximum Gasteiger partial charge on any atom is 0.305 e. The lowest BCUT2D eigenvalue weighted by Gasteiger charge is -2.20. The van der Waals surface area contributed by atoms with Crippen LogP contribution in [0.4, 0.5) is 5.69 Å². The third-order valence-electron chi connectivity index (χ3n) is 2.66. The second-order valence-electron chi connectivity index (χ2n) is 3.97. The fourth-order valence-electron chi connectivity index (χ4n) is 1.81. The largest absolute Gasteiger partial charge is 0.305 e. The first-order valence-electron chi connectivity index (χ1n) is 5.69. The third-order valence-corrected chi connectivity index (χ3v) is 4.50. The average molecular weight is 266 g/mol. The molecule has 1 heterocycles. The molecule has 0 bridgehead atoms. The highest BCUT2D eigenvalue weighted by atomic mass is 32.2. The summed E-state index contributed by atoms with van der Waals surface area (Å²) in [5.41, 5.74) is 1.70. The first-order chi connectivity index (χ1) is 8.55. The zero-order chi connectivity index (χ0) is 13.2. The van der Waals surface area contributed by atoms with Crippen LogP contribution in [0, 0.1) is 6.92 Å². The van der Waals surface area contributed by atoms with Crippen LogP contribution in [0.1, 0.15) is 12.5 Å². The Morgan fingerprint density at radius 2 is 2.17 bits per heavy atom. The van der Waals surface area contributed by atoms with E-state index in [0.29, 0.717) is 12.2 Å². The van der Waals surface area contributed by atoms with Crippen molar-refractivity contribution >= 4 is 15.7 Å². The number of nitrogens with zero attached hydrogens (tertiary/aromatic N) is 1. The number of aryl methyl sites for hydroxylation is 1. The Morgan fingerprint density at radius 3 is 2.72 bits per heavy atom. The zero-order valence-corrected chi connectivity index (χ0v) is 11.2. The summed E-state index contributed by atoms with van der Waals surface area (Å²) in [6, 6.07) is 7.43. The Kier molecular flexibility index (Phi) is 3.38. The molecular formula is C12H16N3O2S+. The topological polar surface area (TPSA) is 67.3 Å². The van der Waals surface area contributed by atoms with E-state index in [1.807, 2.05) is 32.0 Å². The van der Waals surface area contributed by atoms with E-state index in [1.54, 1.807) is 6.07 Å². The molecule has 0 aliphatic heterocycles. The molecule has 6 heteroatoms. The van der Waals surface area contributed by atoms with Crippen molar-refractivity contribution in [3.05, 3.63) is 42.4 Å². The van der Waals surface area contributed by atoms with Gasteiger partial charge in [0.2, 0.25) is 6.33 Å². The number of anilines is 1. The molecule has 0 aliphatic rings. The van der Waals surface area contributed by atoms with Crippen LogP contribution >= 0.6 is 0 Å². The number of sulfonamides is 1. The quantitative estimate of drug-likeness (QED) is 0.907. The first-order valence-corrected chi connectivity index (χ1v) is 7.13. The molecule has 0 saturated carbocycles. The Bertz CT molecular complexity index is 621. The third kappa shape index (κ3) is 2.24. The van der Waals surface area contributed by atoms with Gasteiger partial charge in [0, 0.05) is 6.54 Å². The molecule has 5 nitrogen and oxygen atoms in total. The lowest BCUT2D eigenvalue weighted by atomic mass is 10.2. The number of aromatic nitrogens is 2. The molecule has 0 radical (unpaired) electrons. The van der Waals surface area contributed by atoms with E-state index in [2.05, 4.69) is 9.97 Å². The molecule has 0 atom stereocenters. The van der Waals surface area contributed by atoms with E-state index < -0.39 is 10.0 Å². The van der Waals surface area contributed by atoms with Gasteiger partial charge in [0.15, 0.2) is 0 Å². The van der Waals surface area contributed by atoms with Gasteiger partial charge < -0.3 is 0 Å². The fraction of sp³-hybridized carbons (Fsp3) is 0.250. The van der Waals surface area contributed by atoms with Crippen molar-refractivity contribution in [2.45, 2.75) is 18.9 Å². The van der Waals surface area contributed by atoms with Crippen LogP contribution in [0.5, 0.6) is 0 Å². The van der Waals surface area contributed by atoms with E-state index in [0.717, 1.165) is 5.56 Å². The number of hydrogen-bond donors (Lipinski definition) is 1. The molecule has 2 rings (SSSR count). The summed E-state index contributed by atoms with van der Waals surface area (Å²) in [5, 5.41) is 0.158. The second kappa shape index (κ2) is 4.81. The number of hydrogen-bond acceptors (Lipinski definition) is 2. The highest BCUT2D eigenvalue weighted by Gasteiger charge is 2.28. The van der Waals surface area contributed by atoms with E-state index in [9.17, 15) is 8.42 Å². The summed E-state index contributed by atoms with van der Waals surface area (Å²) >= 11 is 0. The standard InChI is InChI=1S/C12H15N3O2S/c1-3-15(11-6-4-5-10(2)7-11)18(16,17)12-8-13-9-14-12/h4-9H,3H2,1-2H3,(H,13,14)/p+1. The van der Waals surface area contributed by atoms with Crippen molar-refractivity contribution in [2.75, 3.05) is 10.8 Å². The van der Waals surface area contributed by atoms with Gasteiger partial charge in [0.05, 0.1) is 5.69 Å². The Balaban J connectivity index is 2.47. The lowest BCUT2D eigenvalue weighted by Crippen LogP contribution is -2.31. The second-order valence-corrected chi connectivity index (χ2v) is 5.80. The van der Waals surface area contributed by atoms with Crippen molar-refractivity contribution in [2.24, 2.45) is 0 Å². The summed E-state index contributed by atoms with van der Waals surface area (Å²) in [7, 11) is -3.53. The monoisotopic (exact) mass is 266 g/mol. The fourth-order valence-corrected chi connectivity index (χ4v) is 3.21. The molecule has 0 amide bonds. The van der Waals surface area contributed by atoms with Crippen molar-refractivity contribution in [1.82, 2.24) is 4.98 Å². The van der Waals surface area contributed by atoms with Gasteiger partial charge in [-0.15, -0.1) is 0 Å². The zero-order valence-electron chi connectivity index (χ0n) is 10.3. The molecule has 96 valence electrons. The van der Waals surface area contributed by atoms with Gasteiger partial charge in [-0.1, -0.05) is 12.1 Å². The molecule has 0 saturated heterocycles. The maximum atomic E-state index is 12.4. The molecule has 18 heavy (non-hydrogen) atoms. The molecule has 1 aromatic heterocycles. The van der Waals surface area contributed by atoms with Crippen LogP contribution in [0.3, 0.4) is 0 Å². The number of H-pyrrole nitrogens is 2. The average Bonchev–Trinajstić information content (AvgIpc) is 2.83. The number of aromatic amines is 2. The Labute approximate surface area is 107 Å². The molecule has 0 aliphatic carbocycles. The van der Waals surface area contributed by atoms with Crippen molar-refractivity contribution in [3.63, 3.8) is 0 Å². The predicted molar refractivity (Wildman–Crippen MR) is 68.7 cm³/mol. The minimum atomic E-state index is -3.53. The molecule has 1 aromatic carbocycles. The summed E-state index contributed by atoms with van der Waals surface area (Å²) in [5.74, 6) is 0. The van der Waals surface area contributed by atoms with E-state index in [-0.39, 0.29) is 5.03 Å². The van der Waals surface area contributed by atoms with Crippen molar-refractivity contribution in [3.8, 4) is 0 Å². The highest BCUT2D eigenvalue weighted by molar-refractivity contribution is 7.92. The molecule has 0 unspecified atom stereocenters. The van der Waals surface area contributed by atoms with Gasteiger partial charge in [-0.05, 0) is 31.5 Å². The smallest absolute Gasteiger partial charge is 0.264 e. The van der Waals surface area contributed by atoms with E-state index >= 15 is 0 Å². The lowest BCUT2D eigenvalue weighted by molar-refractivity contribution is -0.377. The Morgan fingerprint density at radius 1 is 1.39 bits per heavy atom. The summed E-state index contributed by atoms with van der Waals surface area (Å²) < 4.78 is 26.2. The summed E-state index contributed by atoms with van der Waals surface area (Å²) in [4.78, 5) is 5.41. The van der Waals surface area contributed by atoms with Crippen LogP contribution in [0.15, 0.2) is 41.8 Å². The summed E-state index contributed by atoms with van der Waals surface area (Å²) in [6.45, 7) is 4.13. The number of rotatable bonds is 4. The summed E-state index contributed by atoms with van der Waals surface area (Å²) in [6.07, 6.45) is 2.92. The van der Waals surface area contributed by atoms with Gasteiger partial charge in [0.1, 0.15) is 6.20 Å². The van der Waals surface area contributed by atoms with Gasteiger partial charge in [-0.2, -0.15) is 8.42 Å². The predicted octanol–water partition coefficient (Wildman–Crippen LogP) is 1.35. The number of benzene rings is 1. The molecule has 0 spiro atoms. The normalized spacial score (nSPS) is 11.4. The number of imidazole rings is 1. The van der Waals surface area contributed by atoms with Crippen LogP contribution in [-0.4, -0.2) is 19.9 Å². The molecule has 2 aromatic rings. The SMILES string of the molecule is CCN(c1cccc(C)c1)S(=O)(=O)c1c[nH+]c[nH]1. The van der Waals surface area contributed by atoms with Gasteiger partial charge in [0.25, 0.3) is 5.03 Å². The Hall–Kier alpha value is -1.82. The minimum Gasteiger partial charge on any atom is -0.264 e. The minimum absolute atomic E-state index is 0.158. The van der Waals surface area contributed by atoms with Crippen LogP contribution in [-0.2, 0) is 10.0 Å². The highest BCUT2D eigenvalue weighted by Crippen LogP contribution is 2.22. The maximum absolute atomic E-state index is 12.4. The van der Waals surface area contributed by atoms with E-state index in [1.165, 1.54) is 16.8 Å². The van der Waals surface area contributed by atoms with E-state index in [4.69, 9.17) is 0 Å². The first kappa shape index (κ1) is 12.6. The van der Waals surface area contributed by atoms with Gasteiger partial charge in [-0.3, -0.25) is 4.31 Å². The van der Waals surface area contributed by atoms with Gasteiger partial charge in [-0.25, -0.2) is 9.97 Å². The molecule has 2 N–H and O–H groups in total. The van der Waals surface area contributed by atoms with Crippen LogP contribution in [0.2, 0.25) is 0 Å².